The van der Waals surface area contributed by atoms with E-state index in [0.29, 0.717) is 18.4 Å². The molecule has 1 heterocycles. The molecule has 0 aliphatic rings. The van der Waals surface area contributed by atoms with Gasteiger partial charge in [0.25, 0.3) is 0 Å². The molecule has 0 aliphatic heterocycles. The molecule has 5 heteroatoms. The maximum atomic E-state index is 5.76. The Labute approximate surface area is 116 Å². The number of nitrogens with one attached hydrogen (secondary N) is 1. The first-order valence-corrected chi connectivity index (χ1v) is 7.13. The van der Waals surface area contributed by atoms with Gasteiger partial charge in [0, 0.05) is 24.8 Å². The molecule has 0 radical (unpaired) electrons. The van der Waals surface area contributed by atoms with Crippen LogP contribution in [0.2, 0.25) is 0 Å². The normalized spacial score (nSPS) is 10.8. The molecule has 1 rings (SSSR count). The van der Waals surface area contributed by atoms with E-state index in [1.807, 2.05) is 6.92 Å². The first-order valence-electron chi connectivity index (χ1n) is 7.13. The van der Waals surface area contributed by atoms with E-state index >= 15 is 0 Å². The molecular weight excluding hydrogens is 240 g/mol. The van der Waals surface area contributed by atoms with E-state index in [1.54, 1.807) is 6.20 Å². The molecule has 0 aliphatic carbocycles. The van der Waals surface area contributed by atoms with Crippen LogP contribution in [-0.2, 0) is 0 Å². The maximum Gasteiger partial charge on any atom is 0.225 e. The lowest BCUT2D eigenvalue weighted by molar-refractivity contribution is 0.217. The van der Waals surface area contributed by atoms with E-state index in [-0.39, 0.29) is 0 Å². The van der Waals surface area contributed by atoms with E-state index in [1.165, 1.54) is 0 Å². The summed E-state index contributed by atoms with van der Waals surface area (Å²) >= 11 is 0. The van der Waals surface area contributed by atoms with E-state index in [9.17, 15) is 0 Å². The average molecular weight is 266 g/mol. The second-order valence-corrected chi connectivity index (χ2v) is 4.48. The standard InChI is InChI=1S/C14H26N4O/c1-5-8-15-14-16-11-12(4)13(17-14)19-10-9-18(6-2)7-3/h11H,5-10H2,1-4H3,(H,15,16,17). The predicted molar refractivity (Wildman–Crippen MR) is 78.8 cm³/mol. The highest BCUT2D eigenvalue weighted by Gasteiger charge is 2.06. The van der Waals surface area contributed by atoms with Crippen molar-refractivity contribution in [2.24, 2.45) is 0 Å². The third kappa shape index (κ3) is 5.42. The van der Waals surface area contributed by atoms with Crippen LogP contribution in [0.25, 0.3) is 0 Å². The van der Waals surface area contributed by atoms with Gasteiger partial charge in [0.05, 0.1) is 0 Å². The summed E-state index contributed by atoms with van der Waals surface area (Å²) in [5.74, 6) is 1.33. The molecule has 1 aromatic rings. The van der Waals surface area contributed by atoms with E-state index in [0.717, 1.165) is 38.2 Å². The third-order valence-corrected chi connectivity index (χ3v) is 3.00. The van der Waals surface area contributed by atoms with Crippen LogP contribution in [-0.4, -0.2) is 47.7 Å². The lowest BCUT2D eigenvalue weighted by Crippen LogP contribution is -2.28. The van der Waals surface area contributed by atoms with Crippen LogP contribution >= 0.6 is 0 Å². The summed E-state index contributed by atoms with van der Waals surface area (Å²) in [6, 6.07) is 0. The molecule has 5 nitrogen and oxygen atoms in total. The van der Waals surface area contributed by atoms with Crippen molar-refractivity contribution < 1.29 is 4.74 Å². The van der Waals surface area contributed by atoms with E-state index < -0.39 is 0 Å². The zero-order valence-corrected chi connectivity index (χ0v) is 12.6. The SMILES string of the molecule is CCCNc1ncc(C)c(OCCN(CC)CC)n1. The van der Waals surface area contributed by atoms with Crippen LogP contribution in [0, 0.1) is 6.92 Å². The molecule has 0 bridgehead atoms. The van der Waals surface area contributed by atoms with Gasteiger partial charge in [0.2, 0.25) is 11.8 Å². The summed E-state index contributed by atoms with van der Waals surface area (Å²) in [7, 11) is 0. The summed E-state index contributed by atoms with van der Waals surface area (Å²) in [6.45, 7) is 13.0. The maximum absolute atomic E-state index is 5.76. The second kappa shape index (κ2) is 8.69. The van der Waals surface area contributed by atoms with Crippen molar-refractivity contribution in [3.63, 3.8) is 0 Å². The Kier molecular flexibility index (Phi) is 7.18. The van der Waals surface area contributed by atoms with Crippen molar-refractivity contribution in [3.05, 3.63) is 11.8 Å². The van der Waals surface area contributed by atoms with Crippen molar-refractivity contribution in [1.29, 1.82) is 0 Å². The van der Waals surface area contributed by atoms with Gasteiger partial charge in [-0.1, -0.05) is 20.8 Å². The quantitative estimate of drug-likeness (QED) is 0.743. The highest BCUT2D eigenvalue weighted by Crippen LogP contribution is 2.15. The summed E-state index contributed by atoms with van der Waals surface area (Å²) < 4.78 is 5.76. The highest BCUT2D eigenvalue weighted by atomic mass is 16.5. The molecular formula is C14H26N4O. The Balaban J connectivity index is 2.51. The molecule has 108 valence electrons. The summed E-state index contributed by atoms with van der Waals surface area (Å²) in [6.07, 6.45) is 2.85. The Morgan fingerprint density at radius 2 is 2.00 bits per heavy atom. The van der Waals surface area contributed by atoms with Gasteiger partial charge >= 0.3 is 0 Å². The number of likely N-dealkylation sites (N-methyl/N-ethyl adjacent to an activating group) is 1. The molecule has 1 N–H and O–H groups in total. The molecule has 19 heavy (non-hydrogen) atoms. The Bertz CT molecular complexity index is 366. The number of nitrogens with zero attached hydrogens (tertiary/aromatic N) is 3. The average Bonchev–Trinajstić information content (AvgIpc) is 2.44. The molecule has 0 fully saturated rings. The number of aromatic nitrogens is 2. The Morgan fingerprint density at radius 3 is 2.63 bits per heavy atom. The van der Waals surface area contributed by atoms with Gasteiger partial charge in [-0.05, 0) is 26.4 Å². The zero-order chi connectivity index (χ0) is 14.1. The van der Waals surface area contributed by atoms with Crippen molar-refractivity contribution in [2.45, 2.75) is 34.1 Å². The first kappa shape index (κ1) is 15.7. The predicted octanol–water partition coefficient (Wildman–Crippen LogP) is 2.33. The first-order chi connectivity index (χ1) is 9.21. The number of aryl methyl sites for hydroxylation is 1. The fraction of sp³-hybridized carbons (Fsp3) is 0.714. The fourth-order valence-electron chi connectivity index (χ4n) is 1.71. The molecule has 0 saturated heterocycles. The molecule has 0 saturated carbocycles. The van der Waals surface area contributed by atoms with Gasteiger partial charge in [-0.25, -0.2) is 4.98 Å². The van der Waals surface area contributed by atoms with Crippen LogP contribution < -0.4 is 10.1 Å². The van der Waals surface area contributed by atoms with E-state index in [4.69, 9.17) is 4.74 Å². The lowest BCUT2D eigenvalue weighted by Gasteiger charge is -2.18. The van der Waals surface area contributed by atoms with Crippen LogP contribution in [0.4, 0.5) is 5.95 Å². The molecule has 0 aromatic carbocycles. The monoisotopic (exact) mass is 266 g/mol. The summed E-state index contributed by atoms with van der Waals surface area (Å²) in [5.41, 5.74) is 0.974. The van der Waals surface area contributed by atoms with Gasteiger partial charge in [-0.15, -0.1) is 0 Å². The minimum absolute atomic E-state index is 0.644. The largest absolute Gasteiger partial charge is 0.476 e. The van der Waals surface area contributed by atoms with Gasteiger partial charge in [-0.2, -0.15) is 4.98 Å². The number of ether oxygens (including phenoxy) is 1. The van der Waals surface area contributed by atoms with E-state index in [2.05, 4.69) is 41.0 Å². The molecule has 1 aromatic heterocycles. The lowest BCUT2D eigenvalue weighted by atomic mass is 10.4. The van der Waals surface area contributed by atoms with Crippen molar-refractivity contribution in [3.8, 4) is 5.88 Å². The molecule has 0 spiro atoms. The number of anilines is 1. The topological polar surface area (TPSA) is 50.3 Å². The van der Waals surface area contributed by atoms with Gasteiger partial charge < -0.3 is 15.0 Å². The minimum Gasteiger partial charge on any atom is -0.476 e. The van der Waals surface area contributed by atoms with Gasteiger partial charge in [-0.3, -0.25) is 0 Å². The number of rotatable bonds is 9. The molecule has 0 unspecified atom stereocenters. The highest BCUT2D eigenvalue weighted by molar-refractivity contribution is 5.32. The van der Waals surface area contributed by atoms with Crippen LogP contribution in [0.15, 0.2) is 6.20 Å². The summed E-state index contributed by atoms with van der Waals surface area (Å²) in [5, 5.41) is 3.17. The Morgan fingerprint density at radius 1 is 1.26 bits per heavy atom. The fourth-order valence-corrected chi connectivity index (χ4v) is 1.71. The zero-order valence-electron chi connectivity index (χ0n) is 12.6. The molecule has 0 atom stereocenters. The van der Waals surface area contributed by atoms with Crippen molar-refractivity contribution in [1.82, 2.24) is 14.9 Å². The van der Waals surface area contributed by atoms with Crippen LogP contribution in [0.5, 0.6) is 5.88 Å². The van der Waals surface area contributed by atoms with Gasteiger partial charge in [0.1, 0.15) is 6.61 Å². The minimum atomic E-state index is 0.644. The van der Waals surface area contributed by atoms with Gasteiger partial charge in [0.15, 0.2) is 0 Å². The van der Waals surface area contributed by atoms with Crippen molar-refractivity contribution in [2.75, 3.05) is 38.1 Å². The number of hydrogen-bond donors (Lipinski definition) is 1. The molecule has 0 amide bonds. The van der Waals surface area contributed by atoms with Crippen LogP contribution in [0.3, 0.4) is 0 Å². The Hall–Kier alpha value is -1.36. The third-order valence-electron chi connectivity index (χ3n) is 3.00. The van der Waals surface area contributed by atoms with Crippen LogP contribution in [0.1, 0.15) is 32.8 Å². The smallest absolute Gasteiger partial charge is 0.225 e. The number of hydrogen-bond acceptors (Lipinski definition) is 5. The summed E-state index contributed by atoms with van der Waals surface area (Å²) in [4.78, 5) is 11.0. The second-order valence-electron chi connectivity index (χ2n) is 4.48. The van der Waals surface area contributed by atoms with Crippen molar-refractivity contribution >= 4 is 5.95 Å².